The first kappa shape index (κ1) is 13.4. The number of nitrogens with zero attached hydrogens (tertiary/aromatic N) is 3. The number of hydrogen-bond acceptors (Lipinski definition) is 6. The molecule has 0 bridgehead atoms. The molecule has 2 aromatic rings. The van der Waals surface area contributed by atoms with Gasteiger partial charge in [-0.05, 0) is 25.0 Å². The van der Waals surface area contributed by atoms with Crippen LogP contribution < -0.4 is 5.32 Å². The predicted molar refractivity (Wildman–Crippen MR) is 75.8 cm³/mol. The molecule has 104 valence electrons. The maximum atomic E-state index is 11.9. The Morgan fingerprint density at radius 2 is 2.45 bits per heavy atom. The Bertz CT molecular complexity index is 627. The molecule has 0 saturated carbocycles. The first-order valence-electron chi connectivity index (χ1n) is 6.11. The molecule has 1 atom stereocenters. The van der Waals surface area contributed by atoms with Crippen LogP contribution in [0.25, 0.3) is 11.5 Å². The van der Waals surface area contributed by atoms with Crippen molar-refractivity contribution in [3.63, 3.8) is 0 Å². The zero-order valence-electron chi connectivity index (χ0n) is 10.4. The minimum atomic E-state index is -0.388. The lowest BCUT2D eigenvalue weighted by Crippen LogP contribution is -2.26. The fourth-order valence-electron chi connectivity index (χ4n) is 1.89. The van der Waals surface area contributed by atoms with Crippen LogP contribution in [0.15, 0.2) is 18.3 Å². The number of nitrogens with one attached hydrogen (secondary N) is 1. The van der Waals surface area contributed by atoms with Crippen LogP contribution in [-0.4, -0.2) is 33.0 Å². The number of pyridine rings is 1. The van der Waals surface area contributed by atoms with Crippen LogP contribution in [-0.2, 0) is 9.53 Å². The fourth-order valence-corrected chi connectivity index (χ4v) is 2.67. The molecule has 0 aliphatic carbocycles. The highest BCUT2D eigenvalue weighted by Crippen LogP contribution is 2.25. The number of halogens is 1. The summed E-state index contributed by atoms with van der Waals surface area (Å²) in [5, 5.41) is 3.60. The van der Waals surface area contributed by atoms with E-state index >= 15 is 0 Å². The van der Waals surface area contributed by atoms with E-state index in [4.69, 9.17) is 16.3 Å². The molecule has 1 N–H and O–H groups in total. The van der Waals surface area contributed by atoms with E-state index in [1.807, 2.05) is 0 Å². The Hall–Kier alpha value is -1.57. The van der Waals surface area contributed by atoms with Crippen LogP contribution in [0.1, 0.15) is 12.8 Å². The van der Waals surface area contributed by atoms with Crippen molar-refractivity contribution in [1.29, 1.82) is 0 Å². The Kier molecular flexibility index (Phi) is 3.90. The van der Waals surface area contributed by atoms with Crippen molar-refractivity contribution < 1.29 is 9.53 Å². The number of ether oxygens (including phenoxy) is 1. The van der Waals surface area contributed by atoms with Gasteiger partial charge in [0.25, 0.3) is 5.91 Å². The molecule has 1 amide bonds. The van der Waals surface area contributed by atoms with Crippen molar-refractivity contribution >= 4 is 34.2 Å². The summed E-state index contributed by atoms with van der Waals surface area (Å²) in [6.45, 7) is 0.628. The van der Waals surface area contributed by atoms with Gasteiger partial charge < -0.3 is 4.74 Å². The summed E-state index contributed by atoms with van der Waals surface area (Å²) >= 11 is 7.13. The highest BCUT2D eigenvalue weighted by molar-refractivity contribution is 7.10. The lowest BCUT2D eigenvalue weighted by molar-refractivity contribution is -0.124. The molecule has 8 heteroatoms. The van der Waals surface area contributed by atoms with Crippen LogP contribution in [0.5, 0.6) is 0 Å². The van der Waals surface area contributed by atoms with E-state index in [0.717, 1.165) is 24.4 Å². The van der Waals surface area contributed by atoms with Crippen molar-refractivity contribution in [3.8, 4) is 11.5 Å². The molecule has 20 heavy (non-hydrogen) atoms. The number of rotatable bonds is 3. The average Bonchev–Trinajstić information content (AvgIpc) is 3.10. The summed E-state index contributed by atoms with van der Waals surface area (Å²) in [7, 11) is 0. The molecule has 0 aromatic carbocycles. The second-order valence-electron chi connectivity index (χ2n) is 4.25. The zero-order valence-corrected chi connectivity index (χ0v) is 11.9. The number of carbonyl (C=O) groups is 1. The minimum Gasteiger partial charge on any atom is -0.368 e. The Labute approximate surface area is 124 Å². The molecule has 3 heterocycles. The van der Waals surface area contributed by atoms with Crippen molar-refractivity contribution in [3.05, 3.63) is 23.4 Å². The second-order valence-corrected chi connectivity index (χ2v) is 5.41. The van der Waals surface area contributed by atoms with Gasteiger partial charge in [-0.25, -0.2) is 0 Å². The van der Waals surface area contributed by atoms with Crippen molar-refractivity contribution in [2.75, 3.05) is 11.9 Å². The summed E-state index contributed by atoms with van der Waals surface area (Å²) in [5.41, 5.74) is 0.503. The number of carbonyl (C=O) groups excluding carboxylic acids is 1. The molecule has 6 nitrogen and oxygen atoms in total. The third-order valence-electron chi connectivity index (χ3n) is 2.85. The highest BCUT2D eigenvalue weighted by Gasteiger charge is 2.24. The van der Waals surface area contributed by atoms with Gasteiger partial charge in [0.1, 0.15) is 11.8 Å². The molecule has 2 aromatic heterocycles. The van der Waals surface area contributed by atoms with Gasteiger partial charge in [-0.3, -0.25) is 15.1 Å². The van der Waals surface area contributed by atoms with E-state index in [1.165, 1.54) is 0 Å². The van der Waals surface area contributed by atoms with Crippen molar-refractivity contribution in [1.82, 2.24) is 14.3 Å². The first-order valence-corrected chi connectivity index (χ1v) is 7.26. The second kappa shape index (κ2) is 5.82. The van der Waals surface area contributed by atoms with E-state index in [0.29, 0.717) is 28.3 Å². The molecule has 3 rings (SSSR count). The monoisotopic (exact) mass is 310 g/mol. The normalized spacial score (nSPS) is 18.1. The predicted octanol–water partition coefficient (Wildman–Crippen LogP) is 2.37. The summed E-state index contributed by atoms with van der Waals surface area (Å²) in [4.78, 5) is 20.2. The summed E-state index contributed by atoms with van der Waals surface area (Å²) in [6.07, 6.45) is 2.88. The number of aromatic nitrogens is 3. The lowest BCUT2D eigenvalue weighted by atomic mass is 10.2. The average molecular weight is 311 g/mol. The Balaban J connectivity index is 1.74. The maximum absolute atomic E-state index is 11.9. The molecule has 1 aliphatic rings. The van der Waals surface area contributed by atoms with Crippen LogP contribution in [0.4, 0.5) is 5.13 Å². The van der Waals surface area contributed by atoms with Crippen LogP contribution in [0.3, 0.4) is 0 Å². The van der Waals surface area contributed by atoms with Crippen LogP contribution in [0, 0.1) is 0 Å². The summed E-state index contributed by atoms with van der Waals surface area (Å²) < 4.78 is 9.46. The largest absolute Gasteiger partial charge is 0.368 e. The fraction of sp³-hybridized carbons (Fsp3) is 0.333. The van der Waals surface area contributed by atoms with E-state index < -0.39 is 0 Å². The third kappa shape index (κ3) is 2.79. The Morgan fingerprint density at radius 1 is 1.55 bits per heavy atom. The number of anilines is 1. The number of amides is 1. The van der Waals surface area contributed by atoms with Gasteiger partial charge in [0.2, 0.25) is 5.13 Å². The van der Waals surface area contributed by atoms with Gasteiger partial charge in [-0.1, -0.05) is 11.6 Å². The topological polar surface area (TPSA) is 77.0 Å². The summed E-state index contributed by atoms with van der Waals surface area (Å²) in [6, 6.07) is 3.45. The molecule has 1 fully saturated rings. The molecular formula is C12H11ClN4O2S. The van der Waals surface area contributed by atoms with Gasteiger partial charge in [0.15, 0.2) is 5.82 Å². The van der Waals surface area contributed by atoms with Crippen molar-refractivity contribution in [2.24, 2.45) is 0 Å². The maximum Gasteiger partial charge on any atom is 0.255 e. The van der Waals surface area contributed by atoms with Gasteiger partial charge in [0.05, 0.1) is 5.02 Å². The zero-order chi connectivity index (χ0) is 13.9. The highest BCUT2D eigenvalue weighted by atomic mass is 35.5. The van der Waals surface area contributed by atoms with Gasteiger partial charge in [0, 0.05) is 24.3 Å². The number of hydrogen-bond donors (Lipinski definition) is 1. The molecule has 1 aliphatic heterocycles. The van der Waals surface area contributed by atoms with E-state index in [2.05, 4.69) is 19.7 Å². The van der Waals surface area contributed by atoms with Gasteiger partial charge >= 0.3 is 0 Å². The third-order valence-corrected chi connectivity index (χ3v) is 3.78. The van der Waals surface area contributed by atoms with E-state index in [-0.39, 0.29) is 12.0 Å². The smallest absolute Gasteiger partial charge is 0.255 e. The van der Waals surface area contributed by atoms with Crippen molar-refractivity contribution in [2.45, 2.75) is 18.9 Å². The minimum absolute atomic E-state index is 0.183. The quantitative estimate of drug-likeness (QED) is 0.941. The summed E-state index contributed by atoms with van der Waals surface area (Å²) in [5.74, 6) is 0.223. The molecule has 0 radical (unpaired) electrons. The Morgan fingerprint density at radius 3 is 3.20 bits per heavy atom. The standard InChI is InChI=1S/C12H11ClN4O2S/c13-7-3-1-5-14-9(7)10-15-12(20-17-10)16-11(18)8-4-2-6-19-8/h1,3,5,8H,2,4,6H2,(H,15,16,17,18). The van der Waals surface area contributed by atoms with E-state index in [9.17, 15) is 4.79 Å². The van der Waals surface area contributed by atoms with Gasteiger partial charge in [-0.2, -0.15) is 9.36 Å². The van der Waals surface area contributed by atoms with Crippen LogP contribution in [0.2, 0.25) is 5.02 Å². The SMILES string of the molecule is O=C(Nc1nc(-c2ncccc2Cl)ns1)C1CCCO1. The van der Waals surface area contributed by atoms with Gasteiger partial charge in [-0.15, -0.1) is 0 Å². The molecule has 1 unspecified atom stereocenters. The van der Waals surface area contributed by atoms with E-state index in [1.54, 1.807) is 18.3 Å². The lowest BCUT2D eigenvalue weighted by Gasteiger charge is -2.07. The van der Waals surface area contributed by atoms with Crippen LogP contribution >= 0.6 is 23.1 Å². The molecular weight excluding hydrogens is 300 g/mol. The molecule has 0 spiro atoms. The molecule has 1 saturated heterocycles. The first-order chi connectivity index (χ1) is 9.74.